The smallest absolute Gasteiger partial charge is 0.255 e. The first kappa shape index (κ1) is 16.1. The van der Waals surface area contributed by atoms with Gasteiger partial charge in [0.1, 0.15) is 0 Å². The van der Waals surface area contributed by atoms with Crippen molar-refractivity contribution in [2.75, 3.05) is 13.1 Å². The highest BCUT2D eigenvalue weighted by atomic mass is 32.1. The van der Waals surface area contributed by atoms with Crippen LogP contribution in [-0.4, -0.2) is 28.9 Å². The monoisotopic (exact) mass is 334 g/mol. The zero-order valence-corrected chi connectivity index (χ0v) is 14.1. The van der Waals surface area contributed by atoms with Crippen LogP contribution in [0.5, 0.6) is 0 Å². The summed E-state index contributed by atoms with van der Waals surface area (Å²) in [4.78, 5) is 20.5. The second kappa shape index (κ2) is 7.23. The maximum atomic E-state index is 13.1. The predicted octanol–water partition coefficient (Wildman–Crippen LogP) is 4.78. The lowest BCUT2D eigenvalue weighted by atomic mass is 10.1. The Morgan fingerprint density at radius 3 is 2.54 bits per heavy atom. The van der Waals surface area contributed by atoms with Crippen molar-refractivity contribution in [3.05, 3.63) is 78.7 Å². The molecule has 0 bridgehead atoms. The number of para-hydroxylation sites is 1. The molecule has 3 aromatic rings. The Morgan fingerprint density at radius 2 is 1.88 bits per heavy atom. The minimum absolute atomic E-state index is 0.0359. The first-order chi connectivity index (χ1) is 11.7. The molecule has 1 amide bonds. The van der Waals surface area contributed by atoms with Gasteiger partial charge in [0.25, 0.3) is 5.91 Å². The van der Waals surface area contributed by atoms with Gasteiger partial charge in [0.05, 0.1) is 21.7 Å². The Balaban J connectivity index is 2.16. The molecule has 3 rings (SSSR count). The van der Waals surface area contributed by atoms with E-state index in [-0.39, 0.29) is 5.91 Å². The fourth-order valence-electron chi connectivity index (χ4n) is 2.63. The van der Waals surface area contributed by atoms with Gasteiger partial charge in [-0.1, -0.05) is 36.4 Å². The van der Waals surface area contributed by atoms with Gasteiger partial charge in [-0.15, -0.1) is 24.5 Å². The van der Waals surface area contributed by atoms with Crippen molar-refractivity contribution < 1.29 is 4.79 Å². The van der Waals surface area contributed by atoms with Crippen molar-refractivity contribution in [3.63, 3.8) is 0 Å². The average Bonchev–Trinajstić information content (AvgIpc) is 3.14. The van der Waals surface area contributed by atoms with Gasteiger partial charge in [0.2, 0.25) is 0 Å². The number of nitrogens with zero attached hydrogens (tertiary/aromatic N) is 2. The SMILES string of the molecule is C=CCN(CC=C)C(=O)c1cc(-c2cccs2)nc2ccccc12. The number of carbonyl (C=O) groups is 1. The Morgan fingerprint density at radius 1 is 1.12 bits per heavy atom. The van der Waals surface area contributed by atoms with E-state index in [0.29, 0.717) is 18.7 Å². The normalized spacial score (nSPS) is 10.5. The number of pyridine rings is 1. The van der Waals surface area contributed by atoms with Crippen molar-refractivity contribution >= 4 is 28.1 Å². The van der Waals surface area contributed by atoms with Crippen molar-refractivity contribution in [1.29, 1.82) is 0 Å². The third-order valence-electron chi connectivity index (χ3n) is 3.71. The Hall–Kier alpha value is -2.72. The highest BCUT2D eigenvalue weighted by Gasteiger charge is 2.18. The van der Waals surface area contributed by atoms with Crippen LogP contribution in [0.2, 0.25) is 0 Å². The van der Waals surface area contributed by atoms with E-state index in [1.807, 2.05) is 47.8 Å². The number of rotatable bonds is 6. The topological polar surface area (TPSA) is 33.2 Å². The Bertz CT molecular complexity index is 874. The summed E-state index contributed by atoms with van der Waals surface area (Å²) in [6.45, 7) is 8.44. The molecule has 3 nitrogen and oxygen atoms in total. The molecular formula is C20H18N2OS. The van der Waals surface area contributed by atoms with Crippen LogP contribution in [0.1, 0.15) is 10.4 Å². The molecule has 24 heavy (non-hydrogen) atoms. The lowest BCUT2D eigenvalue weighted by molar-refractivity contribution is 0.0793. The van der Waals surface area contributed by atoms with Crippen LogP contribution >= 0.6 is 11.3 Å². The molecule has 0 aliphatic heterocycles. The summed E-state index contributed by atoms with van der Waals surface area (Å²) in [7, 11) is 0. The molecule has 4 heteroatoms. The highest BCUT2D eigenvalue weighted by Crippen LogP contribution is 2.28. The Kier molecular flexibility index (Phi) is 4.87. The molecule has 0 aliphatic carbocycles. The second-order valence-corrected chi connectivity index (χ2v) is 6.28. The molecule has 0 radical (unpaired) electrons. The van der Waals surface area contributed by atoms with Crippen LogP contribution < -0.4 is 0 Å². The molecule has 0 unspecified atom stereocenters. The van der Waals surface area contributed by atoms with Crippen LogP contribution in [0.15, 0.2) is 73.2 Å². The zero-order chi connectivity index (χ0) is 16.9. The maximum Gasteiger partial charge on any atom is 0.255 e. The number of carbonyl (C=O) groups excluding carboxylic acids is 1. The van der Waals surface area contributed by atoms with Crippen LogP contribution in [0, 0.1) is 0 Å². The standard InChI is InChI=1S/C20H18N2OS/c1-3-11-22(12-4-2)20(23)16-14-18(19-10-7-13-24-19)21-17-9-6-5-8-15(16)17/h3-10,13-14H,1-2,11-12H2. The lowest BCUT2D eigenvalue weighted by Crippen LogP contribution is -2.31. The van der Waals surface area contributed by atoms with Gasteiger partial charge in [-0.3, -0.25) is 4.79 Å². The molecule has 2 heterocycles. The summed E-state index contributed by atoms with van der Waals surface area (Å²) in [5.74, 6) is -0.0359. The van der Waals surface area contributed by atoms with Crippen molar-refractivity contribution in [2.24, 2.45) is 0 Å². The van der Waals surface area contributed by atoms with E-state index >= 15 is 0 Å². The average molecular weight is 334 g/mol. The van der Waals surface area contributed by atoms with Gasteiger partial charge in [0.15, 0.2) is 0 Å². The molecule has 0 saturated heterocycles. The molecule has 0 spiro atoms. The first-order valence-corrected chi connectivity index (χ1v) is 8.57. The van der Waals surface area contributed by atoms with Crippen LogP contribution in [0.3, 0.4) is 0 Å². The van der Waals surface area contributed by atoms with Crippen molar-refractivity contribution in [2.45, 2.75) is 0 Å². The number of thiophene rings is 1. The summed E-state index contributed by atoms with van der Waals surface area (Å²) in [5.41, 5.74) is 2.31. The molecule has 2 aromatic heterocycles. The quantitative estimate of drug-likeness (QED) is 0.608. The summed E-state index contributed by atoms with van der Waals surface area (Å²) < 4.78 is 0. The lowest BCUT2D eigenvalue weighted by Gasteiger charge is -2.20. The van der Waals surface area contributed by atoms with E-state index in [2.05, 4.69) is 13.2 Å². The first-order valence-electron chi connectivity index (χ1n) is 7.69. The van der Waals surface area contributed by atoms with E-state index in [0.717, 1.165) is 21.5 Å². The Labute approximate surface area is 145 Å². The van der Waals surface area contributed by atoms with E-state index < -0.39 is 0 Å². The van der Waals surface area contributed by atoms with Gasteiger partial charge >= 0.3 is 0 Å². The minimum Gasteiger partial charge on any atom is -0.331 e. The summed E-state index contributed by atoms with van der Waals surface area (Å²) in [6.07, 6.45) is 3.45. The van der Waals surface area contributed by atoms with E-state index in [1.165, 1.54) is 0 Å². The summed E-state index contributed by atoms with van der Waals surface area (Å²) in [5, 5.41) is 2.87. The maximum absolute atomic E-state index is 13.1. The van der Waals surface area contributed by atoms with Gasteiger partial charge in [0, 0.05) is 18.5 Å². The fraction of sp³-hybridized carbons (Fsp3) is 0.100. The molecule has 0 aliphatic rings. The van der Waals surface area contributed by atoms with Crippen LogP contribution in [-0.2, 0) is 0 Å². The van der Waals surface area contributed by atoms with Crippen molar-refractivity contribution in [1.82, 2.24) is 9.88 Å². The number of benzene rings is 1. The number of hydrogen-bond donors (Lipinski definition) is 0. The van der Waals surface area contributed by atoms with Crippen LogP contribution in [0.25, 0.3) is 21.5 Å². The van der Waals surface area contributed by atoms with Crippen LogP contribution in [0.4, 0.5) is 0 Å². The molecule has 0 N–H and O–H groups in total. The van der Waals surface area contributed by atoms with Gasteiger partial charge < -0.3 is 4.90 Å². The molecule has 120 valence electrons. The number of aromatic nitrogens is 1. The fourth-order valence-corrected chi connectivity index (χ4v) is 3.31. The largest absolute Gasteiger partial charge is 0.331 e. The predicted molar refractivity (Wildman–Crippen MR) is 101 cm³/mol. The second-order valence-electron chi connectivity index (χ2n) is 5.34. The molecule has 1 aromatic carbocycles. The zero-order valence-electron chi connectivity index (χ0n) is 13.3. The third-order valence-corrected chi connectivity index (χ3v) is 4.60. The number of hydrogen-bond acceptors (Lipinski definition) is 3. The van der Waals surface area contributed by atoms with Gasteiger partial charge in [-0.05, 0) is 23.6 Å². The molecule has 0 atom stereocenters. The summed E-state index contributed by atoms with van der Waals surface area (Å²) >= 11 is 1.61. The number of fused-ring (bicyclic) bond motifs is 1. The number of amides is 1. The minimum atomic E-state index is -0.0359. The van der Waals surface area contributed by atoms with Crippen molar-refractivity contribution in [3.8, 4) is 10.6 Å². The summed E-state index contributed by atoms with van der Waals surface area (Å²) in [6, 6.07) is 13.6. The van der Waals surface area contributed by atoms with Gasteiger partial charge in [-0.2, -0.15) is 0 Å². The third kappa shape index (κ3) is 3.14. The molecule has 0 saturated carbocycles. The van der Waals surface area contributed by atoms with E-state index in [9.17, 15) is 4.79 Å². The van der Waals surface area contributed by atoms with E-state index in [1.54, 1.807) is 28.4 Å². The molecule has 0 fully saturated rings. The van der Waals surface area contributed by atoms with E-state index in [4.69, 9.17) is 4.98 Å². The highest BCUT2D eigenvalue weighted by molar-refractivity contribution is 7.13. The van der Waals surface area contributed by atoms with Gasteiger partial charge in [-0.25, -0.2) is 4.98 Å². The molecular weight excluding hydrogens is 316 g/mol.